The quantitative estimate of drug-likeness (QED) is 0.792. The number of halogens is 1. The molecule has 0 fully saturated rings. The van der Waals surface area contributed by atoms with Gasteiger partial charge in [0.2, 0.25) is 0 Å². The first-order chi connectivity index (χ1) is 10.7. The van der Waals surface area contributed by atoms with E-state index in [0.29, 0.717) is 11.6 Å². The maximum absolute atomic E-state index is 11.6. The Morgan fingerprint density at radius 1 is 1.05 bits per heavy atom. The van der Waals surface area contributed by atoms with Crippen molar-refractivity contribution in [2.24, 2.45) is 0 Å². The fraction of sp³-hybridized carbons (Fsp3) is 0.118. The zero-order valence-corrected chi connectivity index (χ0v) is 12.7. The van der Waals surface area contributed by atoms with Crippen molar-refractivity contribution in [1.82, 2.24) is 10.6 Å². The highest BCUT2D eigenvalue weighted by Crippen LogP contribution is 2.10. The summed E-state index contributed by atoms with van der Waals surface area (Å²) in [4.78, 5) is 11.6. The molecule has 0 aliphatic carbocycles. The minimum Gasteiger partial charge on any atom is -0.392 e. The van der Waals surface area contributed by atoms with Crippen LogP contribution in [0.25, 0.3) is 6.08 Å². The molecule has 0 atom stereocenters. The third-order valence-corrected chi connectivity index (χ3v) is 3.27. The lowest BCUT2D eigenvalue weighted by Crippen LogP contribution is -2.31. The second kappa shape index (κ2) is 8.22. The smallest absolute Gasteiger partial charge is 0.319 e. The summed E-state index contributed by atoms with van der Waals surface area (Å²) in [5.74, 6) is 0. The minimum atomic E-state index is -0.281. The number of aliphatic hydroxyl groups excluding tert-OH is 1. The average Bonchev–Trinajstić information content (AvgIpc) is 2.55. The van der Waals surface area contributed by atoms with Gasteiger partial charge in [0.15, 0.2) is 0 Å². The van der Waals surface area contributed by atoms with E-state index in [1.165, 1.54) is 0 Å². The number of carbonyl (C=O) groups excluding carboxylic acids is 1. The highest BCUT2D eigenvalue weighted by molar-refractivity contribution is 6.30. The zero-order chi connectivity index (χ0) is 15.8. The number of carbonyl (C=O) groups is 1. The van der Waals surface area contributed by atoms with Gasteiger partial charge < -0.3 is 15.7 Å². The number of urea groups is 1. The molecular formula is C17H17ClN2O2. The van der Waals surface area contributed by atoms with E-state index < -0.39 is 0 Å². The Bertz CT molecular complexity index is 637. The summed E-state index contributed by atoms with van der Waals surface area (Å²) in [7, 11) is 0. The molecule has 0 bridgehead atoms. The van der Waals surface area contributed by atoms with Gasteiger partial charge in [0, 0.05) is 17.8 Å². The molecule has 3 N–H and O–H groups in total. The molecule has 2 aromatic carbocycles. The molecule has 0 radical (unpaired) electrons. The van der Waals surface area contributed by atoms with Crippen LogP contribution in [0.5, 0.6) is 0 Å². The number of aliphatic hydroxyl groups is 1. The van der Waals surface area contributed by atoms with Crippen LogP contribution in [-0.2, 0) is 13.2 Å². The van der Waals surface area contributed by atoms with Gasteiger partial charge in [0.05, 0.1) is 6.61 Å². The Balaban J connectivity index is 1.76. The van der Waals surface area contributed by atoms with Crippen molar-refractivity contribution < 1.29 is 9.90 Å². The topological polar surface area (TPSA) is 61.4 Å². The van der Waals surface area contributed by atoms with E-state index in [1.54, 1.807) is 24.4 Å². The van der Waals surface area contributed by atoms with Crippen molar-refractivity contribution in [3.05, 3.63) is 76.4 Å². The number of amides is 2. The van der Waals surface area contributed by atoms with Crippen LogP contribution in [0.4, 0.5) is 4.79 Å². The van der Waals surface area contributed by atoms with Gasteiger partial charge >= 0.3 is 6.03 Å². The van der Waals surface area contributed by atoms with Gasteiger partial charge in [-0.2, -0.15) is 0 Å². The van der Waals surface area contributed by atoms with Gasteiger partial charge in [0.25, 0.3) is 0 Å². The maximum Gasteiger partial charge on any atom is 0.319 e. The summed E-state index contributed by atoms with van der Waals surface area (Å²) >= 11 is 5.80. The Kier molecular flexibility index (Phi) is 6.01. The first-order valence-electron chi connectivity index (χ1n) is 6.82. The van der Waals surface area contributed by atoms with Gasteiger partial charge in [0.1, 0.15) is 0 Å². The number of nitrogens with one attached hydrogen (secondary N) is 2. The summed E-state index contributed by atoms with van der Waals surface area (Å²) in [6.45, 7) is 0.440. The predicted molar refractivity (Wildman–Crippen MR) is 88.2 cm³/mol. The van der Waals surface area contributed by atoms with E-state index >= 15 is 0 Å². The van der Waals surface area contributed by atoms with Gasteiger partial charge in [-0.05, 0) is 34.9 Å². The lowest BCUT2D eigenvalue weighted by Gasteiger charge is -2.05. The van der Waals surface area contributed by atoms with Gasteiger partial charge in [-0.1, -0.05) is 48.0 Å². The third kappa shape index (κ3) is 5.24. The molecule has 0 aliphatic heterocycles. The molecule has 0 saturated heterocycles. The Morgan fingerprint density at radius 2 is 1.68 bits per heavy atom. The van der Waals surface area contributed by atoms with Crippen LogP contribution in [0.15, 0.2) is 54.7 Å². The van der Waals surface area contributed by atoms with E-state index in [9.17, 15) is 4.79 Å². The first-order valence-corrected chi connectivity index (χ1v) is 7.20. The lowest BCUT2D eigenvalue weighted by molar-refractivity contribution is 0.244. The van der Waals surface area contributed by atoms with Crippen molar-refractivity contribution in [3.63, 3.8) is 0 Å². The second-order valence-electron chi connectivity index (χ2n) is 4.69. The Morgan fingerprint density at radius 3 is 2.32 bits per heavy atom. The molecule has 0 aliphatic rings. The normalized spacial score (nSPS) is 10.6. The summed E-state index contributed by atoms with van der Waals surface area (Å²) < 4.78 is 0. The van der Waals surface area contributed by atoms with Crippen LogP contribution in [-0.4, -0.2) is 11.1 Å². The summed E-state index contributed by atoms with van der Waals surface area (Å²) in [5.41, 5.74) is 2.76. The van der Waals surface area contributed by atoms with Gasteiger partial charge in [-0.15, -0.1) is 0 Å². The standard InChI is InChI=1S/C17H17ClN2O2/c18-16-7-5-13(6-8-16)9-10-19-17(22)20-11-14-1-3-15(12-21)4-2-14/h1-10,21H,11-12H2,(H2,19,20,22)/b10-9+. The fourth-order valence-corrected chi connectivity index (χ4v) is 1.91. The van der Waals surface area contributed by atoms with Crippen molar-refractivity contribution in [2.75, 3.05) is 0 Å². The monoisotopic (exact) mass is 316 g/mol. The van der Waals surface area contributed by atoms with E-state index in [1.807, 2.05) is 36.4 Å². The molecule has 2 rings (SSSR count). The first kappa shape index (κ1) is 16.1. The maximum atomic E-state index is 11.6. The summed E-state index contributed by atoms with van der Waals surface area (Å²) in [5, 5.41) is 15.0. The summed E-state index contributed by atoms with van der Waals surface area (Å²) in [6, 6.07) is 14.4. The zero-order valence-electron chi connectivity index (χ0n) is 11.9. The van der Waals surface area contributed by atoms with Crippen molar-refractivity contribution in [1.29, 1.82) is 0 Å². The van der Waals surface area contributed by atoms with Crippen LogP contribution in [0.2, 0.25) is 5.02 Å². The van der Waals surface area contributed by atoms with Gasteiger partial charge in [-0.3, -0.25) is 0 Å². The molecule has 4 nitrogen and oxygen atoms in total. The SMILES string of the molecule is O=C(N/C=C/c1ccc(Cl)cc1)NCc1ccc(CO)cc1. The fourth-order valence-electron chi connectivity index (χ4n) is 1.78. The molecule has 2 aromatic rings. The predicted octanol–water partition coefficient (Wildman–Crippen LogP) is 3.30. The molecule has 0 unspecified atom stereocenters. The molecule has 5 heteroatoms. The molecule has 0 saturated carbocycles. The highest BCUT2D eigenvalue weighted by atomic mass is 35.5. The molecular weight excluding hydrogens is 300 g/mol. The summed E-state index contributed by atoms with van der Waals surface area (Å²) in [6.07, 6.45) is 3.36. The molecule has 22 heavy (non-hydrogen) atoms. The largest absolute Gasteiger partial charge is 0.392 e. The molecule has 0 spiro atoms. The second-order valence-corrected chi connectivity index (χ2v) is 5.12. The Labute approximate surface area is 134 Å². The van der Waals surface area contributed by atoms with Gasteiger partial charge in [-0.25, -0.2) is 4.79 Å². The van der Waals surface area contributed by atoms with E-state index in [2.05, 4.69) is 10.6 Å². The molecule has 114 valence electrons. The average molecular weight is 317 g/mol. The van der Waals surface area contributed by atoms with Crippen molar-refractivity contribution in [3.8, 4) is 0 Å². The number of hydrogen-bond donors (Lipinski definition) is 3. The van der Waals surface area contributed by atoms with E-state index in [4.69, 9.17) is 16.7 Å². The van der Waals surface area contributed by atoms with E-state index in [0.717, 1.165) is 16.7 Å². The van der Waals surface area contributed by atoms with Crippen LogP contribution in [0.3, 0.4) is 0 Å². The molecule has 0 heterocycles. The van der Waals surface area contributed by atoms with Crippen LogP contribution in [0, 0.1) is 0 Å². The molecule has 2 amide bonds. The number of benzene rings is 2. The van der Waals surface area contributed by atoms with Crippen LogP contribution < -0.4 is 10.6 Å². The van der Waals surface area contributed by atoms with E-state index in [-0.39, 0.29) is 12.6 Å². The Hall–Kier alpha value is -2.30. The van der Waals surface area contributed by atoms with Crippen molar-refractivity contribution in [2.45, 2.75) is 13.2 Å². The number of rotatable bonds is 5. The molecule has 0 aromatic heterocycles. The minimum absolute atomic E-state index is 0.0175. The van der Waals surface area contributed by atoms with Crippen molar-refractivity contribution >= 4 is 23.7 Å². The van der Waals surface area contributed by atoms with Crippen LogP contribution >= 0.6 is 11.6 Å². The number of hydrogen-bond acceptors (Lipinski definition) is 2. The van der Waals surface area contributed by atoms with Crippen LogP contribution in [0.1, 0.15) is 16.7 Å². The highest BCUT2D eigenvalue weighted by Gasteiger charge is 1.98. The third-order valence-electron chi connectivity index (χ3n) is 3.02. The lowest BCUT2D eigenvalue weighted by atomic mass is 10.1.